The number of nitrogens with one attached hydrogen (secondary N) is 1. The minimum atomic E-state index is -0.372. The quantitative estimate of drug-likeness (QED) is 0.620. The molecule has 0 radical (unpaired) electrons. The van der Waals surface area contributed by atoms with E-state index < -0.39 is 0 Å². The number of ether oxygens (including phenoxy) is 2. The lowest BCUT2D eigenvalue weighted by atomic mass is 10.2. The molecule has 0 heterocycles. The molecule has 0 aliphatic heterocycles. The highest BCUT2D eigenvalue weighted by atomic mass is 16.5. The van der Waals surface area contributed by atoms with Gasteiger partial charge in [0.05, 0.1) is 19.3 Å². The maximum absolute atomic E-state index is 9.41. The molecule has 0 saturated heterocycles. The summed E-state index contributed by atoms with van der Waals surface area (Å²) >= 11 is 0. The Morgan fingerprint density at radius 3 is 2.72 bits per heavy atom. The molecule has 4 nitrogen and oxygen atoms in total. The predicted molar refractivity (Wildman–Crippen MR) is 71.9 cm³/mol. The lowest BCUT2D eigenvalue weighted by Crippen LogP contribution is -2.24. The molecule has 1 rings (SSSR count). The van der Waals surface area contributed by atoms with Crippen LogP contribution >= 0.6 is 0 Å². The first-order valence-corrected chi connectivity index (χ1v) is 6.38. The normalized spacial score (nSPS) is 12.3. The molecule has 2 N–H and O–H groups in total. The molecule has 0 spiro atoms. The lowest BCUT2D eigenvalue weighted by Gasteiger charge is -2.10. The van der Waals surface area contributed by atoms with Gasteiger partial charge in [-0.2, -0.15) is 0 Å². The largest absolute Gasteiger partial charge is 0.494 e. The van der Waals surface area contributed by atoms with Crippen LogP contribution in [0.5, 0.6) is 5.75 Å². The second kappa shape index (κ2) is 9.88. The van der Waals surface area contributed by atoms with Crippen LogP contribution in [0.4, 0.5) is 0 Å². The summed E-state index contributed by atoms with van der Waals surface area (Å²) < 4.78 is 10.4. The van der Waals surface area contributed by atoms with Gasteiger partial charge in [-0.05, 0) is 38.1 Å². The molecule has 0 aliphatic carbocycles. The van der Waals surface area contributed by atoms with E-state index in [1.165, 1.54) is 0 Å². The van der Waals surface area contributed by atoms with Gasteiger partial charge >= 0.3 is 0 Å². The Labute approximate surface area is 109 Å². The number of hydrogen-bond acceptors (Lipinski definition) is 4. The first-order chi connectivity index (χ1) is 8.83. The number of aliphatic hydroxyl groups excluding tert-OH is 1. The van der Waals surface area contributed by atoms with Crippen molar-refractivity contribution in [3.8, 4) is 5.75 Å². The fraction of sp³-hybridized carbons (Fsp3) is 0.571. The van der Waals surface area contributed by atoms with E-state index in [9.17, 15) is 5.11 Å². The summed E-state index contributed by atoms with van der Waals surface area (Å²) in [6, 6.07) is 9.80. The second-order valence-corrected chi connectivity index (χ2v) is 4.16. The van der Waals surface area contributed by atoms with Crippen LogP contribution in [0.2, 0.25) is 0 Å². The molecule has 0 fully saturated rings. The van der Waals surface area contributed by atoms with Gasteiger partial charge < -0.3 is 19.9 Å². The number of rotatable bonds is 10. The third-order valence-corrected chi connectivity index (χ3v) is 2.52. The number of aliphatic hydroxyl groups is 1. The molecule has 1 unspecified atom stereocenters. The van der Waals surface area contributed by atoms with Crippen molar-refractivity contribution in [3.05, 3.63) is 30.3 Å². The smallest absolute Gasteiger partial charge is 0.119 e. The topological polar surface area (TPSA) is 50.7 Å². The highest BCUT2D eigenvalue weighted by Crippen LogP contribution is 2.07. The average Bonchev–Trinajstić information content (AvgIpc) is 2.39. The molecule has 0 saturated carbocycles. The molecular weight excluding hydrogens is 230 g/mol. The van der Waals surface area contributed by atoms with Gasteiger partial charge in [-0.1, -0.05) is 18.2 Å². The maximum Gasteiger partial charge on any atom is 0.119 e. The molecule has 4 heteroatoms. The van der Waals surface area contributed by atoms with Gasteiger partial charge in [-0.15, -0.1) is 0 Å². The molecular formula is C14H23NO3. The number of para-hydroxylation sites is 1. The Morgan fingerprint density at radius 1 is 1.22 bits per heavy atom. The zero-order valence-electron chi connectivity index (χ0n) is 11.0. The van der Waals surface area contributed by atoms with Crippen molar-refractivity contribution in [3.63, 3.8) is 0 Å². The standard InChI is InChI=1S/C14H23NO3/c1-17-12-13(16)8-10-15-9-5-11-18-14-6-3-2-4-7-14/h2-4,6-7,13,15-16H,5,8-12H2,1H3. The number of hydrogen-bond donors (Lipinski definition) is 2. The number of benzene rings is 1. The van der Waals surface area contributed by atoms with E-state index >= 15 is 0 Å². The average molecular weight is 253 g/mol. The number of methoxy groups -OCH3 is 1. The minimum absolute atomic E-state index is 0.372. The molecule has 102 valence electrons. The van der Waals surface area contributed by atoms with E-state index in [0.29, 0.717) is 19.6 Å². The fourth-order valence-electron chi connectivity index (χ4n) is 1.57. The van der Waals surface area contributed by atoms with Gasteiger partial charge in [0.1, 0.15) is 5.75 Å². The Hall–Kier alpha value is -1.10. The summed E-state index contributed by atoms with van der Waals surface area (Å²) in [4.78, 5) is 0. The zero-order chi connectivity index (χ0) is 13.1. The van der Waals surface area contributed by atoms with E-state index in [-0.39, 0.29) is 6.10 Å². The van der Waals surface area contributed by atoms with Crippen molar-refractivity contribution in [1.82, 2.24) is 5.32 Å². The van der Waals surface area contributed by atoms with Crippen LogP contribution in [-0.4, -0.2) is 44.6 Å². The van der Waals surface area contributed by atoms with Gasteiger partial charge in [0.25, 0.3) is 0 Å². The first-order valence-electron chi connectivity index (χ1n) is 6.38. The summed E-state index contributed by atoms with van der Waals surface area (Å²) in [7, 11) is 1.59. The van der Waals surface area contributed by atoms with Crippen molar-refractivity contribution >= 4 is 0 Å². The van der Waals surface area contributed by atoms with Crippen molar-refractivity contribution < 1.29 is 14.6 Å². The van der Waals surface area contributed by atoms with Crippen LogP contribution in [0, 0.1) is 0 Å². The van der Waals surface area contributed by atoms with Crippen LogP contribution in [0.3, 0.4) is 0 Å². The summed E-state index contributed by atoms with van der Waals surface area (Å²) in [5.74, 6) is 0.910. The third kappa shape index (κ3) is 7.27. The van der Waals surface area contributed by atoms with Gasteiger partial charge in [-0.25, -0.2) is 0 Å². The monoisotopic (exact) mass is 253 g/mol. The van der Waals surface area contributed by atoms with Crippen molar-refractivity contribution in [2.24, 2.45) is 0 Å². The molecule has 0 aromatic heterocycles. The van der Waals surface area contributed by atoms with Crippen molar-refractivity contribution in [1.29, 1.82) is 0 Å². The summed E-state index contributed by atoms with van der Waals surface area (Å²) in [5.41, 5.74) is 0. The Morgan fingerprint density at radius 2 is 2.00 bits per heavy atom. The maximum atomic E-state index is 9.41. The minimum Gasteiger partial charge on any atom is -0.494 e. The van der Waals surface area contributed by atoms with Crippen LogP contribution < -0.4 is 10.1 Å². The fourth-order valence-corrected chi connectivity index (χ4v) is 1.57. The van der Waals surface area contributed by atoms with E-state index in [0.717, 1.165) is 25.3 Å². The second-order valence-electron chi connectivity index (χ2n) is 4.16. The summed E-state index contributed by atoms with van der Waals surface area (Å²) in [6.45, 7) is 2.80. The van der Waals surface area contributed by atoms with Crippen LogP contribution in [0.25, 0.3) is 0 Å². The van der Waals surface area contributed by atoms with Gasteiger partial charge in [0.2, 0.25) is 0 Å². The van der Waals surface area contributed by atoms with Crippen LogP contribution in [0.1, 0.15) is 12.8 Å². The molecule has 18 heavy (non-hydrogen) atoms. The van der Waals surface area contributed by atoms with E-state index in [2.05, 4.69) is 5.32 Å². The van der Waals surface area contributed by atoms with Crippen molar-refractivity contribution in [2.75, 3.05) is 33.4 Å². The van der Waals surface area contributed by atoms with Crippen LogP contribution in [0.15, 0.2) is 30.3 Å². The highest BCUT2D eigenvalue weighted by molar-refractivity contribution is 5.20. The predicted octanol–water partition coefficient (Wildman–Crippen LogP) is 1.44. The van der Waals surface area contributed by atoms with E-state index in [1.807, 2.05) is 30.3 Å². The Bertz CT molecular complexity index is 292. The lowest BCUT2D eigenvalue weighted by molar-refractivity contribution is 0.0594. The Kier molecular flexibility index (Phi) is 8.21. The summed E-state index contributed by atoms with van der Waals surface area (Å²) in [5, 5.41) is 12.7. The van der Waals surface area contributed by atoms with Crippen molar-refractivity contribution in [2.45, 2.75) is 18.9 Å². The van der Waals surface area contributed by atoms with E-state index in [4.69, 9.17) is 9.47 Å². The molecule has 0 aliphatic rings. The Balaban J connectivity index is 1.90. The molecule has 1 aromatic carbocycles. The third-order valence-electron chi connectivity index (χ3n) is 2.52. The molecule has 1 aromatic rings. The van der Waals surface area contributed by atoms with Gasteiger partial charge in [0, 0.05) is 7.11 Å². The molecule has 1 atom stereocenters. The summed E-state index contributed by atoms with van der Waals surface area (Å²) in [6.07, 6.45) is 1.30. The van der Waals surface area contributed by atoms with Gasteiger partial charge in [0.15, 0.2) is 0 Å². The molecule has 0 amide bonds. The molecule has 0 bridgehead atoms. The van der Waals surface area contributed by atoms with Gasteiger partial charge in [-0.3, -0.25) is 0 Å². The highest BCUT2D eigenvalue weighted by Gasteiger charge is 2.01. The first kappa shape index (κ1) is 15.0. The zero-order valence-corrected chi connectivity index (χ0v) is 11.0. The van der Waals surface area contributed by atoms with Crippen LogP contribution in [-0.2, 0) is 4.74 Å². The SMILES string of the molecule is COCC(O)CCNCCCOc1ccccc1. The van der Waals surface area contributed by atoms with E-state index in [1.54, 1.807) is 7.11 Å².